The molecular formula is C10H18O. The van der Waals surface area contributed by atoms with E-state index in [-0.39, 0.29) is 0 Å². The van der Waals surface area contributed by atoms with Crippen LogP contribution >= 0.6 is 0 Å². The van der Waals surface area contributed by atoms with E-state index in [2.05, 4.69) is 20.8 Å². The van der Waals surface area contributed by atoms with E-state index in [1.54, 1.807) is 0 Å². The van der Waals surface area contributed by atoms with Crippen molar-refractivity contribution in [2.75, 3.05) is 0 Å². The number of hydrogen-bond donors (Lipinski definition) is 0. The molecule has 1 aliphatic carbocycles. The third-order valence-electron chi connectivity index (χ3n) is 2.71. The van der Waals surface area contributed by atoms with Crippen LogP contribution in [-0.2, 0) is 4.79 Å². The number of carbonyl (C=O) groups is 1. The Morgan fingerprint density at radius 1 is 1.36 bits per heavy atom. The molecule has 0 aliphatic heterocycles. The zero-order chi connectivity index (χ0) is 8.43. The number of hydrogen-bond acceptors (Lipinski definition) is 1. The molecule has 0 spiro atoms. The molecule has 0 amide bonds. The van der Waals surface area contributed by atoms with Gasteiger partial charge in [0.1, 0.15) is 5.78 Å². The lowest BCUT2D eigenvalue weighted by atomic mass is 9.76. The molecule has 0 aromatic heterocycles. The molecule has 2 atom stereocenters. The molecular weight excluding hydrogens is 136 g/mol. The van der Waals surface area contributed by atoms with Gasteiger partial charge in [-0.1, -0.05) is 20.8 Å². The molecule has 0 aromatic carbocycles. The van der Waals surface area contributed by atoms with E-state index in [9.17, 15) is 4.79 Å². The molecule has 0 radical (unpaired) electrons. The van der Waals surface area contributed by atoms with E-state index in [0.717, 1.165) is 12.8 Å². The minimum atomic E-state index is 0.474. The summed E-state index contributed by atoms with van der Waals surface area (Å²) in [5.74, 6) is 2.44. The molecule has 1 rings (SSSR count). The highest BCUT2D eigenvalue weighted by Crippen LogP contribution is 2.31. The Morgan fingerprint density at radius 3 is 2.45 bits per heavy atom. The van der Waals surface area contributed by atoms with Crippen LogP contribution in [0.3, 0.4) is 0 Å². The summed E-state index contributed by atoms with van der Waals surface area (Å²) in [4.78, 5) is 11.2. The topological polar surface area (TPSA) is 17.1 Å². The summed E-state index contributed by atoms with van der Waals surface area (Å²) in [6, 6.07) is 0. The van der Waals surface area contributed by atoms with Gasteiger partial charge in [0, 0.05) is 12.8 Å². The molecule has 0 saturated heterocycles. The minimum absolute atomic E-state index is 0.474. The summed E-state index contributed by atoms with van der Waals surface area (Å²) in [7, 11) is 0. The number of carbonyl (C=O) groups excluding carboxylic acids is 1. The van der Waals surface area contributed by atoms with Crippen molar-refractivity contribution in [3.8, 4) is 0 Å². The fourth-order valence-corrected chi connectivity index (χ4v) is 1.96. The van der Waals surface area contributed by atoms with Crippen LogP contribution in [-0.4, -0.2) is 5.78 Å². The van der Waals surface area contributed by atoms with Gasteiger partial charge in [-0.2, -0.15) is 0 Å². The lowest BCUT2D eigenvalue weighted by Crippen LogP contribution is -2.24. The summed E-state index contributed by atoms with van der Waals surface area (Å²) in [5, 5.41) is 0. The van der Waals surface area contributed by atoms with Gasteiger partial charge in [0.25, 0.3) is 0 Å². The summed E-state index contributed by atoms with van der Waals surface area (Å²) < 4.78 is 0. The highest BCUT2D eigenvalue weighted by atomic mass is 16.1. The Labute approximate surface area is 69.2 Å². The van der Waals surface area contributed by atoms with Crippen LogP contribution < -0.4 is 0 Å². The molecule has 1 saturated carbocycles. The summed E-state index contributed by atoms with van der Waals surface area (Å²) >= 11 is 0. The third kappa shape index (κ3) is 2.32. The zero-order valence-electron chi connectivity index (χ0n) is 7.76. The molecule has 64 valence electrons. The number of ketones is 1. The van der Waals surface area contributed by atoms with E-state index >= 15 is 0 Å². The van der Waals surface area contributed by atoms with Gasteiger partial charge in [-0.3, -0.25) is 4.79 Å². The van der Waals surface area contributed by atoms with Crippen LogP contribution in [0, 0.1) is 17.8 Å². The second kappa shape index (κ2) is 3.38. The summed E-state index contributed by atoms with van der Waals surface area (Å²) in [6.45, 7) is 6.62. The van der Waals surface area contributed by atoms with E-state index in [1.165, 1.54) is 6.42 Å². The summed E-state index contributed by atoms with van der Waals surface area (Å²) in [6.07, 6.45) is 2.91. The van der Waals surface area contributed by atoms with Crippen LogP contribution in [0.4, 0.5) is 0 Å². The van der Waals surface area contributed by atoms with Gasteiger partial charge in [-0.25, -0.2) is 0 Å². The second-order valence-electron chi connectivity index (χ2n) is 4.29. The highest BCUT2D eigenvalue weighted by Gasteiger charge is 2.26. The average Bonchev–Trinajstić information content (AvgIpc) is 1.85. The number of Topliss-reactive ketones (excluding diaryl/α,β-unsaturated/α-hetero) is 1. The normalized spacial score (nSPS) is 32.9. The minimum Gasteiger partial charge on any atom is -0.300 e. The Morgan fingerprint density at radius 2 is 2.00 bits per heavy atom. The lowest BCUT2D eigenvalue weighted by molar-refractivity contribution is -0.123. The predicted octanol–water partition coefficient (Wildman–Crippen LogP) is 2.65. The molecule has 1 heteroatoms. The first-order chi connectivity index (χ1) is 5.09. The average molecular weight is 154 g/mol. The van der Waals surface area contributed by atoms with Crippen LogP contribution in [0.5, 0.6) is 0 Å². The first-order valence-electron chi connectivity index (χ1n) is 4.61. The van der Waals surface area contributed by atoms with E-state index < -0.39 is 0 Å². The Hall–Kier alpha value is -0.330. The maximum Gasteiger partial charge on any atom is 0.133 e. The second-order valence-corrected chi connectivity index (χ2v) is 4.29. The van der Waals surface area contributed by atoms with E-state index in [4.69, 9.17) is 0 Å². The number of rotatable bonds is 1. The van der Waals surface area contributed by atoms with Crippen LogP contribution in [0.2, 0.25) is 0 Å². The van der Waals surface area contributed by atoms with Gasteiger partial charge in [0.15, 0.2) is 0 Å². The van der Waals surface area contributed by atoms with Crippen LogP contribution in [0.15, 0.2) is 0 Å². The third-order valence-corrected chi connectivity index (χ3v) is 2.71. The van der Waals surface area contributed by atoms with Gasteiger partial charge < -0.3 is 0 Å². The zero-order valence-corrected chi connectivity index (χ0v) is 7.76. The van der Waals surface area contributed by atoms with Crippen molar-refractivity contribution in [3.05, 3.63) is 0 Å². The largest absolute Gasteiger partial charge is 0.300 e. The Kier molecular flexibility index (Phi) is 2.69. The molecule has 0 aromatic rings. The maximum absolute atomic E-state index is 11.2. The monoisotopic (exact) mass is 154 g/mol. The highest BCUT2D eigenvalue weighted by molar-refractivity contribution is 5.79. The molecule has 11 heavy (non-hydrogen) atoms. The van der Waals surface area contributed by atoms with Gasteiger partial charge in [-0.05, 0) is 24.2 Å². The molecule has 1 aliphatic rings. The first kappa shape index (κ1) is 8.76. The first-order valence-corrected chi connectivity index (χ1v) is 4.61. The lowest BCUT2D eigenvalue weighted by Gasteiger charge is -2.28. The smallest absolute Gasteiger partial charge is 0.133 e. The van der Waals surface area contributed by atoms with E-state index in [0.29, 0.717) is 23.5 Å². The van der Waals surface area contributed by atoms with E-state index in [1.807, 2.05) is 0 Å². The summed E-state index contributed by atoms with van der Waals surface area (Å²) in [5.41, 5.74) is 0. The van der Waals surface area contributed by atoms with Crippen molar-refractivity contribution in [2.45, 2.75) is 40.0 Å². The predicted molar refractivity (Wildman–Crippen MR) is 46.4 cm³/mol. The molecule has 0 heterocycles. The molecule has 1 nitrogen and oxygen atoms in total. The molecule has 1 fully saturated rings. The van der Waals surface area contributed by atoms with Gasteiger partial charge >= 0.3 is 0 Å². The quantitative estimate of drug-likeness (QED) is 0.567. The molecule has 0 unspecified atom stereocenters. The molecule has 0 bridgehead atoms. The fourth-order valence-electron chi connectivity index (χ4n) is 1.96. The van der Waals surface area contributed by atoms with Gasteiger partial charge in [-0.15, -0.1) is 0 Å². The maximum atomic E-state index is 11.2. The standard InChI is InChI=1S/C10H18O/c1-7(2)9-4-8(3)5-10(11)6-9/h7-9H,4-6H2,1-3H3/t8-,9-/m1/s1. The van der Waals surface area contributed by atoms with Crippen molar-refractivity contribution in [2.24, 2.45) is 17.8 Å². The Balaban J connectivity index is 2.49. The van der Waals surface area contributed by atoms with Crippen LogP contribution in [0.1, 0.15) is 40.0 Å². The van der Waals surface area contributed by atoms with Crippen LogP contribution in [0.25, 0.3) is 0 Å². The SMILES string of the molecule is CC(C)[C@H]1CC(=O)C[C@H](C)C1. The van der Waals surface area contributed by atoms with Crippen molar-refractivity contribution < 1.29 is 4.79 Å². The van der Waals surface area contributed by atoms with Crippen molar-refractivity contribution >= 4 is 5.78 Å². The molecule has 0 N–H and O–H groups in total. The fraction of sp³-hybridized carbons (Fsp3) is 0.900. The van der Waals surface area contributed by atoms with Crippen molar-refractivity contribution in [1.29, 1.82) is 0 Å². The Bertz CT molecular complexity index is 149. The van der Waals surface area contributed by atoms with Gasteiger partial charge in [0.2, 0.25) is 0 Å². The van der Waals surface area contributed by atoms with Crippen molar-refractivity contribution in [1.82, 2.24) is 0 Å². The van der Waals surface area contributed by atoms with Gasteiger partial charge in [0.05, 0.1) is 0 Å². The van der Waals surface area contributed by atoms with Crippen molar-refractivity contribution in [3.63, 3.8) is 0 Å².